The van der Waals surface area contributed by atoms with Crippen LogP contribution >= 0.6 is 0 Å². The van der Waals surface area contributed by atoms with Crippen molar-refractivity contribution in [3.63, 3.8) is 0 Å². The smallest absolute Gasteiger partial charge is 0.313 e. The van der Waals surface area contributed by atoms with Gasteiger partial charge in [-0.05, 0) is 56.2 Å². The highest BCUT2D eigenvalue weighted by Crippen LogP contribution is 2.58. The number of allylic oxidation sites excluding steroid dienone is 1. The van der Waals surface area contributed by atoms with Gasteiger partial charge >= 0.3 is 5.97 Å². The van der Waals surface area contributed by atoms with E-state index in [1.807, 2.05) is 93.6 Å². The fourth-order valence-corrected chi connectivity index (χ4v) is 7.78. The Morgan fingerprint density at radius 3 is 2.40 bits per heavy atom. The lowest BCUT2D eigenvalue weighted by molar-refractivity contribution is -0.161. The molecule has 226 valence electrons. The van der Waals surface area contributed by atoms with Crippen LogP contribution in [0.1, 0.15) is 42.9 Å². The van der Waals surface area contributed by atoms with Gasteiger partial charge < -0.3 is 24.4 Å². The summed E-state index contributed by atoms with van der Waals surface area (Å²) in [6.45, 7) is 6.06. The number of cyclic esters (lactones) is 1. The summed E-state index contributed by atoms with van der Waals surface area (Å²) in [7, 11) is 0. The van der Waals surface area contributed by atoms with E-state index in [9.17, 15) is 19.5 Å². The molecule has 1 N–H and O–H groups in total. The van der Waals surface area contributed by atoms with Crippen LogP contribution in [0.5, 0.6) is 0 Å². The molecule has 6 rings (SSSR count). The molecule has 2 aromatic carbocycles. The Labute approximate surface area is 253 Å². The third-order valence-electron chi connectivity index (χ3n) is 9.70. The maximum Gasteiger partial charge on any atom is 0.313 e. The van der Waals surface area contributed by atoms with E-state index >= 15 is 0 Å². The Morgan fingerprint density at radius 1 is 0.953 bits per heavy atom. The second kappa shape index (κ2) is 11.4. The summed E-state index contributed by atoms with van der Waals surface area (Å²) in [5, 5.41) is 10.8. The normalized spacial score (nSPS) is 31.7. The van der Waals surface area contributed by atoms with Crippen LogP contribution in [0.25, 0.3) is 0 Å². The lowest BCUT2D eigenvalue weighted by atomic mass is 9.73. The zero-order chi connectivity index (χ0) is 30.4. The molecule has 8 heteroatoms. The molecule has 2 saturated heterocycles. The van der Waals surface area contributed by atoms with Gasteiger partial charge in [0.15, 0.2) is 0 Å². The molecular weight excluding hydrogens is 544 g/mol. The molecule has 0 bridgehead atoms. The maximum absolute atomic E-state index is 15.0. The van der Waals surface area contributed by atoms with E-state index in [-0.39, 0.29) is 31.6 Å². The lowest BCUT2D eigenvalue weighted by Gasteiger charge is -2.41. The van der Waals surface area contributed by atoms with Gasteiger partial charge in [-0.1, -0.05) is 79.8 Å². The summed E-state index contributed by atoms with van der Waals surface area (Å²) in [6, 6.07) is 13.7. The Morgan fingerprint density at radius 2 is 1.70 bits per heavy atom. The van der Waals surface area contributed by atoms with Crippen molar-refractivity contribution < 1.29 is 29.0 Å². The summed E-state index contributed by atoms with van der Waals surface area (Å²) in [5.41, 5.74) is 1.06. The largest absolute Gasteiger partial charge is 0.465 e. The minimum atomic E-state index is -1.42. The molecular formula is C35H40N2O6. The van der Waals surface area contributed by atoms with Gasteiger partial charge in [0.05, 0.1) is 25.2 Å². The summed E-state index contributed by atoms with van der Waals surface area (Å²) < 4.78 is 12.8. The van der Waals surface area contributed by atoms with Crippen LogP contribution in [0.3, 0.4) is 0 Å². The summed E-state index contributed by atoms with van der Waals surface area (Å²) in [4.78, 5) is 46.9. The predicted octanol–water partition coefficient (Wildman–Crippen LogP) is 4.06. The monoisotopic (exact) mass is 584 g/mol. The molecule has 8 nitrogen and oxygen atoms in total. The summed E-state index contributed by atoms with van der Waals surface area (Å²) in [5.74, 6) is -3.07. The zero-order valence-corrected chi connectivity index (χ0v) is 25.1. The van der Waals surface area contributed by atoms with E-state index in [1.165, 1.54) is 4.90 Å². The van der Waals surface area contributed by atoms with Crippen molar-refractivity contribution >= 4 is 23.5 Å². The standard InChI is InChI=1S/C35H40N2O6/c1-4-34-17-9-6-10-20-42-33(41)28(34)27-31(39)37(26(22-38)21-25-15-7-5-8-16-25)30-32(40)36(19-12-18-35(27,30)43-34)29-23(2)13-11-14-24(29)3/h5,7-9,11-18,26-28,30,38H,4,6,10,19-22H2,1-3H3/b17-9-/t26-,27+,28-,30?,34+,35+/m1/s1. The highest BCUT2D eigenvalue weighted by atomic mass is 16.6. The number of benzene rings is 2. The molecule has 0 aromatic heterocycles. The number of nitrogens with zero attached hydrogens (tertiary/aromatic N) is 2. The van der Waals surface area contributed by atoms with Gasteiger partial charge in [0.25, 0.3) is 5.91 Å². The second-order valence-corrected chi connectivity index (χ2v) is 12.2. The molecule has 0 aliphatic carbocycles. The first-order chi connectivity index (χ1) is 20.8. The molecule has 43 heavy (non-hydrogen) atoms. The number of hydrogen-bond donors (Lipinski definition) is 1. The number of anilines is 1. The van der Waals surface area contributed by atoms with Crippen molar-refractivity contribution in [2.75, 3.05) is 24.7 Å². The minimum Gasteiger partial charge on any atom is -0.465 e. The van der Waals surface area contributed by atoms with Gasteiger partial charge in [-0.25, -0.2) is 0 Å². The van der Waals surface area contributed by atoms with Crippen molar-refractivity contribution in [3.8, 4) is 0 Å². The second-order valence-electron chi connectivity index (χ2n) is 12.2. The van der Waals surface area contributed by atoms with Crippen LogP contribution in [-0.4, -0.2) is 70.8 Å². The predicted molar refractivity (Wildman–Crippen MR) is 162 cm³/mol. The number of carbonyl (C=O) groups excluding carboxylic acids is 3. The quantitative estimate of drug-likeness (QED) is 0.407. The SMILES string of the molecule is CC[C@]12/C=C\CCCOC(=O)[C@H]1[C@H]1C(=O)N([C@@H](CO)Cc3ccccc3)C3C(=O)N(c4c(C)cccc4C)CC=C[C@@]31O2. The number of amides is 2. The van der Waals surface area contributed by atoms with Crippen LogP contribution in [-0.2, 0) is 30.3 Å². The van der Waals surface area contributed by atoms with E-state index in [4.69, 9.17) is 9.47 Å². The van der Waals surface area contributed by atoms with Gasteiger partial charge in [0.1, 0.15) is 23.2 Å². The summed E-state index contributed by atoms with van der Waals surface area (Å²) in [6.07, 6.45) is 9.83. The molecule has 2 aromatic rings. The van der Waals surface area contributed by atoms with E-state index < -0.39 is 41.1 Å². The van der Waals surface area contributed by atoms with Gasteiger partial charge in [-0.3, -0.25) is 14.4 Å². The first kappa shape index (κ1) is 29.3. The average molecular weight is 585 g/mol. The number of aliphatic hydroxyl groups excluding tert-OH is 1. The van der Waals surface area contributed by atoms with Crippen molar-refractivity contribution in [1.82, 2.24) is 4.90 Å². The van der Waals surface area contributed by atoms with Gasteiger partial charge in [-0.2, -0.15) is 0 Å². The molecule has 2 amide bonds. The fraction of sp³-hybridized carbons (Fsp3) is 0.457. The molecule has 4 aliphatic heterocycles. The van der Waals surface area contributed by atoms with Crippen LogP contribution < -0.4 is 4.90 Å². The molecule has 4 aliphatic rings. The Balaban J connectivity index is 1.54. The lowest BCUT2D eigenvalue weighted by Crippen LogP contribution is -2.59. The van der Waals surface area contributed by atoms with Crippen molar-refractivity contribution in [1.29, 1.82) is 0 Å². The first-order valence-electron chi connectivity index (χ1n) is 15.3. The Bertz CT molecular complexity index is 1450. The van der Waals surface area contributed by atoms with E-state index in [0.717, 1.165) is 22.4 Å². The van der Waals surface area contributed by atoms with Gasteiger partial charge in [0.2, 0.25) is 5.91 Å². The number of likely N-dealkylation sites (tertiary alicyclic amines) is 1. The fourth-order valence-electron chi connectivity index (χ4n) is 7.78. The molecule has 0 radical (unpaired) electrons. The molecule has 1 spiro atoms. The highest BCUT2D eigenvalue weighted by Gasteiger charge is 2.76. The third kappa shape index (κ3) is 4.62. The minimum absolute atomic E-state index is 0.253. The topological polar surface area (TPSA) is 96.4 Å². The van der Waals surface area contributed by atoms with Crippen LogP contribution in [0, 0.1) is 25.7 Å². The summed E-state index contributed by atoms with van der Waals surface area (Å²) >= 11 is 0. The first-order valence-corrected chi connectivity index (χ1v) is 15.3. The number of para-hydroxylation sites is 1. The number of hydrogen-bond acceptors (Lipinski definition) is 6. The molecule has 4 heterocycles. The Hall–Kier alpha value is -3.75. The number of ether oxygens (including phenoxy) is 2. The molecule has 2 fully saturated rings. The number of rotatable bonds is 6. The zero-order valence-electron chi connectivity index (χ0n) is 25.1. The van der Waals surface area contributed by atoms with Crippen molar-refractivity contribution in [2.45, 2.75) is 69.7 Å². The molecule has 1 unspecified atom stereocenters. The number of esters is 1. The van der Waals surface area contributed by atoms with Crippen molar-refractivity contribution in [3.05, 3.63) is 89.5 Å². The average Bonchev–Trinajstić information content (AvgIpc) is 3.39. The highest BCUT2D eigenvalue weighted by molar-refractivity contribution is 6.06. The van der Waals surface area contributed by atoms with Crippen molar-refractivity contribution in [2.24, 2.45) is 11.8 Å². The number of aryl methyl sites for hydroxylation is 2. The van der Waals surface area contributed by atoms with Gasteiger partial charge in [0, 0.05) is 12.2 Å². The third-order valence-corrected chi connectivity index (χ3v) is 9.70. The maximum atomic E-state index is 15.0. The molecule has 6 atom stereocenters. The van der Waals surface area contributed by atoms with E-state index in [1.54, 1.807) is 4.90 Å². The molecule has 0 saturated carbocycles. The van der Waals surface area contributed by atoms with Crippen LogP contribution in [0.2, 0.25) is 0 Å². The van der Waals surface area contributed by atoms with E-state index in [0.29, 0.717) is 25.7 Å². The number of fused-ring (bicyclic) bond motifs is 2. The van der Waals surface area contributed by atoms with Gasteiger partial charge in [-0.15, -0.1) is 0 Å². The number of aliphatic hydroxyl groups is 1. The number of carbonyl (C=O) groups is 3. The van der Waals surface area contributed by atoms with E-state index in [2.05, 4.69) is 0 Å². The van der Waals surface area contributed by atoms with Crippen LogP contribution in [0.4, 0.5) is 5.69 Å². The van der Waals surface area contributed by atoms with Crippen LogP contribution in [0.15, 0.2) is 72.8 Å². The Kier molecular flexibility index (Phi) is 7.77.